The lowest BCUT2D eigenvalue weighted by Gasteiger charge is -2.34. The van der Waals surface area contributed by atoms with Crippen LogP contribution in [0.15, 0.2) is 46.9 Å². The molecule has 0 spiro atoms. The van der Waals surface area contributed by atoms with Crippen molar-refractivity contribution in [3.05, 3.63) is 63.1 Å². The molecule has 6 heteroatoms. The van der Waals surface area contributed by atoms with E-state index in [1.165, 1.54) is 0 Å². The minimum atomic E-state index is -0.589. The van der Waals surface area contributed by atoms with Gasteiger partial charge in [-0.25, -0.2) is 0 Å². The second kappa shape index (κ2) is 9.20. The Balaban J connectivity index is 1.51. The van der Waals surface area contributed by atoms with Gasteiger partial charge in [0.05, 0.1) is 17.7 Å². The standard InChI is InChI=1S/C20H23BrClNO3/c1-14-5-6-19(18(22)9-14)26-13-17(24)11-23-7-8-25-20(12-23)15-3-2-4-16(21)10-15/h2-6,9-10,17,20,24H,7-8,11-13H2,1H3. The predicted molar refractivity (Wildman–Crippen MR) is 107 cm³/mol. The second-order valence-corrected chi connectivity index (χ2v) is 7.90. The van der Waals surface area contributed by atoms with Crippen molar-refractivity contribution in [2.75, 3.05) is 32.8 Å². The van der Waals surface area contributed by atoms with E-state index in [1.54, 1.807) is 0 Å². The number of β-amino-alcohol motifs (C(OH)–C–C–N with tert-alkyl or cyclic N) is 1. The van der Waals surface area contributed by atoms with Crippen LogP contribution in [0.4, 0.5) is 0 Å². The fraction of sp³-hybridized carbons (Fsp3) is 0.400. The third-order valence-corrected chi connectivity index (χ3v) is 5.15. The Morgan fingerprint density at radius 2 is 2.19 bits per heavy atom. The van der Waals surface area contributed by atoms with Crippen LogP contribution in [0.3, 0.4) is 0 Å². The van der Waals surface area contributed by atoms with Gasteiger partial charge in [-0.2, -0.15) is 0 Å². The number of aliphatic hydroxyl groups excluding tert-OH is 1. The summed E-state index contributed by atoms with van der Waals surface area (Å²) >= 11 is 9.67. The summed E-state index contributed by atoms with van der Waals surface area (Å²) in [6.07, 6.45) is -0.574. The first-order valence-electron chi connectivity index (χ1n) is 8.67. The van der Waals surface area contributed by atoms with Crippen LogP contribution in [0.5, 0.6) is 5.75 Å². The zero-order chi connectivity index (χ0) is 18.5. The number of aliphatic hydroxyl groups is 1. The summed E-state index contributed by atoms with van der Waals surface area (Å²) in [7, 11) is 0. The third-order valence-electron chi connectivity index (χ3n) is 4.36. The van der Waals surface area contributed by atoms with Gasteiger partial charge in [0, 0.05) is 24.1 Å². The van der Waals surface area contributed by atoms with Crippen molar-refractivity contribution in [1.29, 1.82) is 0 Å². The van der Waals surface area contributed by atoms with Crippen LogP contribution in [-0.4, -0.2) is 49.0 Å². The van der Waals surface area contributed by atoms with Crippen molar-refractivity contribution in [2.24, 2.45) is 0 Å². The maximum absolute atomic E-state index is 10.4. The quantitative estimate of drug-likeness (QED) is 0.730. The fourth-order valence-corrected chi connectivity index (χ4v) is 3.74. The highest BCUT2D eigenvalue weighted by molar-refractivity contribution is 9.10. The molecule has 4 nitrogen and oxygen atoms in total. The molecule has 2 unspecified atom stereocenters. The molecule has 0 bridgehead atoms. The fourth-order valence-electron chi connectivity index (χ4n) is 3.04. The first-order valence-corrected chi connectivity index (χ1v) is 9.85. The summed E-state index contributed by atoms with van der Waals surface area (Å²) in [5.41, 5.74) is 2.22. The van der Waals surface area contributed by atoms with Crippen molar-refractivity contribution < 1.29 is 14.6 Å². The minimum absolute atomic E-state index is 0.0147. The Labute approximate surface area is 167 Å². The van der Waals surface area contributed by atoms with Gasteiger partial charge in [-0.3, -0.25) is 4.90 Å². The Bertz CT molecular complexity index is 743. The number of aryl methyl sites for hydroxylation is 1. The molecule has 1 aliphatic heterocycles. The molecule has 0 aromatic heterocycles. The predicted octanol–water partition coefficient (Wildman–Crippen LogP) is 4.22. The molecule has 1 heterocycles. The van der Waals surface area contributed by atoms with Crippen molar-refractivity contribution in [3.63, 3.8) is 0 Å². The third kappa shape index (κ3) is 5.44. The maximum atomic E-state index is 10.4. The minimum Gasteiger partial charge on any atom is -0.489 e. The van der Waals surface area contributed by atoms with Gasteiger partial charge in [-0.15, -0.1) is 0 Å². The van der Waals surface area contributed by atoms with Crippen LogP contribution in [0.25, 0.3) is 0 Å². The number of ether oxygens (including phenoxy) is 2. The van der Waals surface area contributed by atoms with Crippen molar-refractivity contribution in [1.82, 2.24) is 4.90 Å². The van der Waals surface area contributed by atoms with Gasteiger partial charge in [0.25, 0.3) is 0 Å². The normalized spacial score (nSPS) is 19.3. The van der Waals surface area contributed by atoms with Crippen LogP contribution in [0.2, 0.25) is 5.02 Å². The maximum Gasteiger partial charge on any atom is 0.138 e. The molecular weight excluding hydrogens is 418 g/mol. The molecule has 2 aromatic rings. The number of halogens is 2. The monoisotopic (exact) mass is 439 g/mol. The Morgan fingerprint density at radius 1 is 1.35 bits per heavy atom. The first-order chi connectivity index (χ1) is 12.5. The molecule has 140 valence electrons. The van der Waals surface area contributed by atoms with Gasteiger partial charge in [0.2, 0.25) is 0 Å². The highest BCUT2D eigenvalue weighted by atomic mass is 79.9. The zero-order valence-electron chi connectivity index (χ0n) is 14.7. The van der Waals surface area contributed by atoms with E-state index in [0.717, 1.165) is 28.7 Å². The lowest BCUT2D eigenvalue weighted by Crippen LogP contribution is -2.43. The zero-order valence-corrected chi connectivity index (χ0v) is 17.0. The van der Waals surface area contributed by atoms with E-state index in [-0.39, 0.29) is 12.7 Å². The van der Waals surface area contributed by atoms with Gasteiger partial charge in [0.15, 0.2) is 0 Å². The lowest BCUT2D eigenvalue weighted by molar-refractivity contribution is -0.0459. The molecule has 1 N–H and O–H groups in total. The molecule has 1 aliphatic rings. The molecule has 3 rings (SSSR count). The summed E-state index contributed by atoms with van der Waals surface area (Å²) in [5, 5.41) is 10.9. The highest BCUT2D eigenvalue weighted by Gasteiger charge is 2.24. The van der Waals surface area contributed by atoms with Crippen LogP contribution < -0.4 is 4.74 Å². The number of rotatable bonds is 6. The molecule has 26 heavy (non-hydrogen) atoms. The number of nitrogens with zero attached hydrogens (tertiary/aromatic N) is 1. The summed E-state index contributed by atoms with van der Waals surface area (Å²) < 4.78 is 12.6. The molecular formula is C20H23BrClNO3. The number of hydrogen-bond donors (Lipinski definition) is 1. The highest BCUT2D eigenvalue weighted by Crippen LogP contribution is 2.26. The van der Waals surface area contributed by atoms with Gasteiger partial charge in [-0.1, -0.05) is 45.7 Å². The molecule has 1 fully saturated rings. The SMILES string of the molecule is Cc1ccc(OCC(O)CN2CCOC(c3cccc(Br)c3)C2)c(Cl)c1. The van der Waals surface area contributed by atoms with E-state index >= 15 is 0 Å². The topological polar surface area (TPSA) is 41.9 Å². The van der Waals surface area contributed by atoms with Crippen molar-refractivity contribution in [2.45, 2.75) is 19.1 Å². The largest absolute Gasteiger partial charge is 0.489 e. The van der Waals surface area contributed by atoms with Gasteiger partial charge >= 0.3 is 0 Å². The van der Waals surface area contributed by atoms with E-state index in [4.69, 9.17) is 21.1 Å². The van der Waals surface area contributed by atoms with Gasteiger partial charge in [-0.05, 0) is 42.3 Å². The average molecular weight is 441 g/mol. The van der Waals surface area contributed by atoms with Crippen LogP contribution in [-0.2, 0) is 4.74 Å². The Kier molecular flexibility index (Phi) is 6.95. The number of benzene rings is 2. The van der Waals surface area contributed by atoms with Gasteiger partial charge in [0.1, 0.15) is 18.5 Å². The molecule has 0 radical (unpaired) electrons. The van der Waals surface area contributed by atoms with Crippen LogP contribution in [0.1, 0.15) is 17.2 Å². The van der Waals surface area contributed by atoms with Crippen molar-refractivity contribution in [3.8, 4) is 5.75 Å². The van der Waals surface area contributed by atoms with E-state index in [1.807, 2.05) is 37.3 Å². The van der Waals surface area contributed by atoms with Gasteiger partial charge < -0.3 is 14.6 Å². The molecule has 2 aromatic carbocycles. The van der Waals surface area contributed by atoms with E-state index < -0.39 is 6.10 Å². The number of morpholine rings is 1. The van der Waals surface area contributed by atoms with Crippen molar-refractivity contribution >= 4 is 27.5 Å². The van der Waals surface area contributed by atoms with Crippen LogP contribution >= 0.6 is 27.5 Å². The molecule has 1 saturated heterocycles. The Morgan fingerprint density at radius 3 is 2.96 bits per heavy atom. The first kappa shape index (κ1) is 19.6. The molecule has 0 saturated carbocycles. The van der Waals surface area contributed by atoms with E-state index in [9.17, 15) is 5.11 Å². The van der Waals surface area contributed by atoms with Crippen LogP contribution in [0, 0.1) is 6.92 Å². The molecule has 2 atom stereocenters. The second-order valence-electron chi connectivity index (χ2n) is 6.57. The summed E-state index contributed by atoms with van der Waals surface area (Å²) in [4.78, 5) is 2.21. The van der Waals surface area contributed by atoms with E-state index in [0.29, 0.717) is 23.9 Å². The molecule has 0 aliphatic carbocycles. The Hall–Kier alpha value is -1.11. The average Bonchev–Trinajstić information content (AvgIpc) is 2.61. The van der Waals surface area contributed by atoms with E-state index in [2.05, 4.69) is 33.0 Å². The smallest absolute Gasteiger partial charge is 0.138 e. The summed E-state index contributed by atoms with van der Waals surface area (Å²) in [6, 6.07) is 13.8. The summed E-state index contributed by atoms with van der Waals surface area (Å²) in [6.45, 7) is 4.92. The number of hydrogen-bond acceptors (Lipinski definition) is 4. The summed E-state index contributed by atoms with van der Waals surface area (Å²) in [5.74, 6) is 0.602. The lowest BCUT2D eigenvalue weighted by atomic mass is 10.1. The molecule has 0 amide bonds.